The third-order valence-electron chi connectivity index (χ3n) is 6.20. The van der Waals surface area contributed by atoms with Gasteiger partial charge in [0.15, 0.2) is 29.8 Å². The van der Waals surface area contributed by atoms with Gasteiger partial charge in [-0.15, -0.1) is 11.8 Å². The summed E-state index contributed by atoms with van der Waals surface area (Å²) in [6, 6.07) is 2.54. The van der Waals surface area contributed by atoms with Crippen molar-refractivity contribution in [3.05, 3.63) is 46.6 Å². The number of anilines is 2. The molecule has 15 nitrogen and oxygen atoms in total. The van der Waals surface area contributed by atoms with Crippen LogP contribution in [0, 0.1) is 5.13 Å². The van der Waals surface area contributed by atoms with E-state index in [9.17, 15) is 28.7 Å². The second-order valence-electron chi connectivity index (χ2n) is 9.11. The second-order valence-corrected chi connectivity index (χ2v) is 11.2. The molecule has 42 heavy (non-hydrogen) atoms. The number of nitrogens with one attached hydrogen (secondary N) is 3. The summed E-state index contributed by atoms with van der Waals surface area (Å²) < 4.78 is 16.2. The summed E-state index contributed by atoms with van der Waals surface area (Å²) in [7, 11) is 1.85. The standard InChI is InChI=1S/C24H27FN8O7S2/c1-11(22(36)37)40-31-15(14-18(25)42-24(26)30-14)19(34)29-16-20(35)33-17(23(38)39)12(10-41-21(16)33)9-32-7-3-13(4-8-32)28-6-5-27-2/h3-4,7-8,11,16,21,27H,5-6,9-10H2,1-2H3,(H5,26,29,30,34,36,37,38,39)/p+1/b31-15-/t11-,16+,21+/m0/s1. The number of aliphatic carboxylic acids is 2. The van der Waals surface area contributed by atoms with E-state index in [-0.39, 0.29) is 23.1 Å². The Labute approximate surface area is 246 Å². The number of nitrogen functional groups attached to an aromatic ring is 1. The van der Waals surface area contributed by atoms with E-state index >= 15 is 0 Å². The lowest BCUT2D eigenvalue weighted by atomic mass is 10.0. The first kappa shape index (κ1) is 30.7. The Bertz CT molecular complexity index is 1450. The Morgan fingerprint density at radius 3 is 2.62 bits per heavy atom. The highest BCUT2D eigenvalue weighted by Crippen LogP contribution is 2.40. The van der Waals surface area contributed by atoms with E-state index in [2.05, 4.69) is 26.1 Å². The van der Waals surface area contributed by atoms with Gasteiger partial charge in [-0.05, 0) is 14.0 Å². The van der Waals surface area contributed by atoms with Gasteiger partial charge >= 0.3 is 11.9 Å². The minimum atomic E-state index is -1.48. The molecule has 0 spiro atoms. The van der Waals surface area contributed by atoms with Crippen molar-refractivity contribution in [2.75, 3.05) is 36.9 Å². The van der Waals surface area contributed by atoms with Crippen LogP contribution in [0.15, 0.2) is 41.0 Å². The van der Waals surface area contributed by atoms with E-state index in [1.54, 1.807) is 17.0 Å². The van der Waals surface area contributed by atoms with Gasteiger partial charge in [-0.1, -0.05) is 16.5 Å². The molecule has 2 aliphatic heterocycles. The molecular formula is C24H28FN8O7S2+. The van der Waals surface area contributed by atoms with Crippen LogP contribution in [0.2, 0.25) is 0 Å². The molecule has 224 valence electrons. The number of nitrogens with zero attached hydrogens (tertiary/aromatic N) is 4. The third kappa shape index (κ3) is 6.60. The van der Waals surface area contributed by atoms with Crippen molar-refractivity contribution in [3.63, 3.8) is 0 Å². The van der Waals surface area contributed by atoms with Crippen LogP contribution in [-0.4, -0.2) is 93.0 Å². The Kier molecular flexibility index (Phi) is 9.59. The number of pyridine rings is 1. The maximum Gasteiger partial charge on any atom is 0.352 e. The number of amides is 2. The van der Waals surface area contributed by atoms with Crippen LogP contribution in [0.5, 0.6) is 0 Å². The number of halogens is 1. The first-order valence-electron chi connectivity index (χ1n) is 12.5. The fourth-order valence-corrected chi connectivity index (χ4v) is 5.97. The number of oxime groups is 1. The van der Waals surface area contributed by atoms with Gasteiger partial charge in [0.2, 0.25) is 11.2 Å². The highest BCUT2D eigenvalue weighted by molar-refractivity contribution is 8.00. The Morgan fingerprint density at radius 2 is 2.02 bits per heavy atom. The van der Waals surface area contributed by atoms with Crippen molar-refractivity contribution >= 4 is 63.4 Å². The third-order valence-corrected chi connectivity index (χ3v) is 8.21. The summed E-state index contributed by atoms with van der Waals surface area (Å²) in [5, 5.41) is 29.3. The van der Waals surface area contributed by atoms with Crippen molar-refractivity contribution in [1.82, 2.24) is 20.5 Å². The van der Waals surface area contributed by atoms with E-state index in [0.717, 1.165) is 30.6 Å². The minimum absolute atomic E-state index is 0.177. The van der Waals surface area contributed by atoms with Gasteiger partial charge in [-0.25, -0.2) is 19.1 Å². The summed E-state index contributed by atoms with van der Waals surface area (Å²) >= 11 is 1.68. The SMILES string of the molecule is CNCCNc1cc[n+](CC2=C(C(=O)O)N3C(=O)[C@@H](NC(=O)/C(=N\O[C@@H](C)C(=O)O)c4nc(N)sc4F)[C@H]3SC2)cc1. The molecule has 18 heteroatoms. The van der Waals surface area contributed by atoms with Gasteiger partial charge < -0.3 is 36.7 Å². The number of carbonyl (C=O) groups excluding carboxylic acids is 2. The van der Waals surface area contributed by atoms with E-state index < -0.39 is 57.8 Å². The van der Waals surface area contributed by atoms with Gasteiger partial charge in [0.1, 0.15) is 22.8 Å². The zero-order chi connectivity index (χ0) is 30.6. The van der Waals surface area contributed by atoms with Gasteiger partial charge in [0.05, 0.1) is 0 Å². The van der Waals surface area contributed by atoms with Crippen molar-refractivity contribution in [1.29, 1.82) is 0 Å². The Balaban J connectivity index is 1.50. The van der Waals surface area contributed by atoms with Crippen LogP contribution in [0.1, 0.15) is 12.6 Å². The van der Waals surface area contributed by atoms with Gasteiger partial charge in [0, 0.05) is 42.2 Å². The summed E-state index contributed by atoms with van der Waals surface area (Å²) in [5.74, 6) is -4.20. The molecule has 7 N–H and O–H groups in total. The van der Waals surface area contributed by atoms with Crippen LogP contribution >= 0.6 is 23.1 Å². The molecule has 4 rings (SSSR count). The normalized spacial score (nSPS) is 19.1. The number of carboxylic acids is 2. The Morgan fingerprint density at radius 1 is 1.31 bits per heavy atom. The van der Waals surface area contributed by atoms with Gasteiger partial charge in [-0.3, -0.25) is 14.5 Å². The predicted octanol–water partition coefficient (Wildman–Crippen LogP) is -0.584. The topological polar surface area (TPSA) is 212 Å². The number of aromatic nitrogens is 2. The Hall–Kier alpha value is -4.29. The molecule has 3 atom stereocenters. The average Bonchev–Trinajstić information content (AvgIpc) is 3.29. The molecule has 0 saturated carbocycles. The highest BCUT2D eigenvalue weighted by Gasteiger charge is 2.55. The van der Waals surface area contributed by atoms with Crippen molar-refractivity contribution < 1.29 is 43.2 Å². The molecule has 0 aromatic carbocycles. The monoisotopic (exact) mass is 623 g/mol. The number of carbonyl (C=O) groups is 4. The molecule has 2 aromatic rings. The molecule has 2 aliphatic rings. The number of hydrogen-bond donors (Lipinski definition) is 6. The van der Waals surface area contributed by atoms with E-state index in [4.69, 9.17) is 15.7 Å². The average molecular weight is 624 g/mol. The number of rotatable bonds is 13. The lowest BCUT2D eigenvalue weighted by molar-refractivity contribution is -0.688. The highest BCUT2D eigenvalue weighted by atomic mass is 32.2. The number of fused-ring (bicyclic) bond motifs is 1. The summed E-state index contributed by atoms with van der Waals surface area (Å²) in [5.41, 5.74) is 5.44. The lowest BCUT2D eigenvalue weighted by Gasteiger charge is -2.49. The van der Waals surface area contributed by atoms with Crippen molar-refractivity contribution in [2.45, 2.75) is 31.0 Å². The van der Waals surface area contributed by atoms with Gasteiger partial charge in [0.25, 0.3) is 11.8 Å². The number of thioether (sulfide) groups is 1. The van der Waals surface area contributed by atoms with Crippen LogP contribution in [-0.2, 0) is 30.6 Å². The van der Waals surface area contributed by atoms with Crippen molar-refractivity contribution in [2.24, 2.45) is 5.16 Å². The molecule has 0 bridgehead atoms. The number of likely N-dealkylation sites (N-methyl/N-ethyl adjacent to an activating group) is 1. The summed E-state index contributed by atoms with van der Waals surface area (Å²) in [4.78, 5) is 59.2. The minimum Gasteiger partial charge on any atom is -0.478 e. The first-order chi connectivity index (χ1) is 20.0. The summed E-state index contributed by atoms with van der Waals surface area (Å²) in [6.45, 7) is 2.89. The number of carboxylic acid groups (broad SMARTS) is 2. The number of β-lactam (4-membered cyclic amide) rings is 1. The zero-order valence-corrected chi connectivity index (χ0v) is 24.0. The van der Waals surface area contributed by atoms with E-state index in [1.807, 2.05) is 19.2 Å². The largest absolute Gasteiger partial charge is 0.478 e. The van der Waals surface area contributed by atoms with Crippen LogP contribution < -0.4 is 26.3 Å². The number of nitrogens with two attached hydrogens (primary N) is 1. The summed E-state index contributed by atoms with van der Waals surface area (Å²) in [6.07, 6.45) is 2.11. The lowest BCUT2D eigenvalue weighted by Crippen LogP contribution is -2.71. The van der Waals surface area contributed by atoms with Crippen LogP contribution in [0.3, 0.4) is 0 Å². The molecule has 4 heterocycles. The predicted molar refractivity (Wildman–Crippen MR) is 150 cm³/mol. The zero-order valence-electron chi connectivity index (χ0n) is 22.4. The number of hydrogen-bond acceptors (Lipinski definition) is 12. The molecule has 0 radical (unpaired) electrons. The quantitative estimate of drug-likeness (QED) is 0.0544. The molecule has 0 aliphatic carbocycles. The van der Waals surface area contributed by atoms with Crippen LogP contribution in [0.25, 0.3) is 0 Å². The molecule has 2 aromatic heterocycles. The van der Waals surface area contributed by atoms with Crippen molar-refractivity contribution in [3.8, 4) is 0 Å². The second kappa shape index (κ2) is 13.1. The first-order valence-corrected chi connectivity index (χ1v) is 14.4. The molecule has 1 fully saturated rings. The fraction of sp³-hybridized carbons (Fsp3) is 0.375. The molecule has 2 amide bonds. The van der Waals surface area contributed by atoms with Crippen LogP contribution in [0.4, 0.5) is 15.2 Å². The molecule has 1 saturated heterocycles. The smallest absolute Gasteiger partial charge is 0.352 e. The maximum atomic E-state index is 14.4. The maximum absolute atomic E-state index is 14.4. The van der Waals surface area contributed by atoms with E-state index in [1.165, 1.54) is 11.8 Å². The molecule has 0 unspecified atom stereocenters. The number of thiazole rings is 1. The van der Waals surface area contributed by atoms with E-state index in [0.29, 0.717) is 16.9 Å². The molecular weight excluding hydrogens is 595 g/mol. The van der Waals surface area contributed by atoms with Gasteiger partial charge in [-0.2, -0.15) is 4.39 Å². The fourth-order valence-electron chi connectivity index (χ4n) is 4.08.